The van der Waals surface area contributed by atoms with Crippen molar-refractivity contribution in [1.29, 1.82) is 0 Å². The van der Waals surface area contributed by atoms with Gasteiger partial charge in [-0.1, -0.05) is 0 Å². The number of methoxy groups -OCH3 is 3. The number of ether oxygens (including phenoxy) is 3. The minimum absolute atomic E-state index is 0.0343. The van der Waals surface area contributed by atoms with Crippen LogP contribution in [-0.4, -0.2) is 59.7 Å². The first-order chi connectivity index (χ1) is 10.5. The molecule has 2 rings (SSSR count). The van der Waals surface area contributed by atoms with Crippen LogP contribution in [0, 0.1) is 0 Å². The van der Waals surface area contributed by atoms with Crippen LogP contribution in [0.15, 0.2) is 17.0 Å². The topological polar surface area (TPSA) is 77.1 Å². The number of nitrogens with zero attached hydrogens (tertiary/aromatic N) is 1. The zero-order valence-electron chi connectivity index (χ0n) is 13.3. The van der Waals surface area contributed by atoms with E-state index >= 15 is 0 Å². The lowest BCUT2D eigenvalue weighted by Crippen LogP contribution is -2.52. The second-order valence-corrected chi connectivity index (χ2v) is 6.86. The maximum Gasteiger partial charge on any atom is 0.250 e. The maximum atomic E-state index is 13.1. The normalized spacial score (nSPS) is 19.7. The van der Waals surface area contributed by atoms with Gasteiger partial charge >= 0.3 is 0 Å². The summed E-state index contributed by atoms with van der Waals surface area (Å²) in [7, 11) is 0.617. The molecule has 22 heavy (non-hydrogen) atoms. The van der Waals surface area contributed by atoms with Crippen molar-refractivity contribution in [2.24, 2.45) is 0 Å². The van der Waals surface area contributed by atoms with Gasteiger partial charge in [0.25, 0.3) is 10.0 Å². The summed E-state index contributed by atoms with van der Waals surface area (Å²) in [5.41, 5.74) is 0. The molecule has 1 aliphatic rings. The number of hydrogen-bond acceptors (Lipinski definition) is 6. The molecule has 0 unspecified atom stereocenters. The van der Waals surface area contributed by atoms with E-state index in [0.717, 1.165) is 0 Å². The Labute approximate surface area is 131 Å². The quantitative estimate of drug-likeness (QED) is 0.856. The first kappa shape index (κ1) is 16.9. The number of piperazine rings is 1. The van der Waals surface area contributed by atoms with Crippen LogP contribution in [0.25, 0.3) is 0 Å². The molecule has 1 N–H and O–H groups in total. The first-order valence-electron chi connectivity index (χ1n) is 6.98. The van der Waals surface area contributed by atoms with E-state index in [1.807, 2.05) is 6.92 Å². The zero-order valence-corrected chi connectivity index (χ0v) is 14.1. The SMILES string of the molecule is COc1cc(OC)c(S(=O)(=O)N2CCNC[C@H]2C)c(OC)c1. The highest BCUT2D eigenvalue weighted by Crippen LogP contribution is 2.39. The third kappa shape index (κ3) is 2.99. The number of sulfonamides is 1. The molecule has 1 aromatic carbocycles. The van der Waals surface area contributed by atoms with Gasteiger partial charge in [-0.05, 0) is 6.92 Å². The molecule has 0 radical (unpaired) electrons. The summed E-state index contributed by atoms with van der Waals surface area (Å²) in [6.07, 6.45) is 0. The molecule has 7 nitrogen and oxygen atoms in total. The summed E-state index contributed by atoms with van der Waals surface area (Å²) in [6.45, 7) is 3.50. The first-order valence-corrected chi connectivity index (χ1v) is 8.42. The predicted octanol–water partition coefficient (Wildman–Crippen LogP) is 0.695. The van der Waals surface area contributed by atoms with Gasteiger partial charge in [0.1, 0.15) is 17.2 Å². The fourth-order valence-corrected chi connectivity index (χ4v) is 4.43. The van der Waals surface area contributed by atoms with Crippen LogP contribution in [0.1, 0.15) is 6.92 Å². The number of rotatable bonds is 5. The van der Waals surface area contributed by atoms with Crippen molar-refractivity contribution in [3.8, 4) is 17.2 Å². The molecule has 1 heterocycles. The minimum atomic E-state index is -3.73. The highest BCUT2D eigenvalue weighted by atomic mass is 32.2. The molecule has 0 aliphatic carbocycles. The Morgan fingerprint density at radius 2 is 1.73 bits per heavy atom. The van der Waals surface area contributed by atoms with Crippen LogP contribution in [0.2, 0.25) is 0 Å². The van der Waals surface area contributed by atoms with Crippen molar-refractivity contribution >= 4 is 10.0 Å². The second-order valence-electron chi connectivity index (χ2n) is 5.03. The van der Waals surface area contributed by atoms with Gasteiger partial charge in [-0.15, -0.1) is 0 Å². The molecule has 1 aliphatic heterocycles. The largest absolute Gasteiger partial charge is 0.496 e. The van der Waals surface area contributed by atoms with E-state index in [-0.39, 0.29) is 22.4 Å². The molecule has 0 aromatic heterocycles. The van der Waals surface area contributed by atoms with Crippen molar-refractivity contribution in [2.45, 2.75) is 17.9 Å². The van der Waals surface area contributed by atoms with Crippen molar-refractivity contribution < 1.29 is 22.6 Å². The molecule has 0 spiro atoms. The third-order valence-electron chi connectivity index (χ3n) is 3.68. The highest BCUT2D eigenvalue weighted by molar-refractivity contribution is 7.89. The van der Waals surface area contributed by atoms with Gasteiger partial charge < -0.3 is 19.5 Å². The highest BCUT2D eigenvalue weighted by Gasteiger charge is 2.36. The van der Waals surface area contributed by atoms with Crippen LogP contribution in [0.4, 0.5) is 0 Å². The minimum Gasteiger partial charge on any atom is -0.496 e. The average molecular weight is 330 g/mol. The van der Waals surface area contributed by atoms with E-state index in [1.54, 1.807) is 12.1 Å². The Morgan fingerprint density at radius 3 is 2.18 bits per heavy atom. The molecule has 0 saturated carbocycles. The van der Waals surface area contributed by atoms with Crippen LogP contribution in [0.5, 0.6) is 17.2 Å². The number of benzene rings is 1. The Balaban J connectivity index is 2.58. The molecule has 1 atom stereocenters. The lowest BCUT2D eigenvalue weighted by atomic mass is 10.3. The van der Waals surface area contributed by atoms with Gasteiger partial charge in [0.15, 0.2) is 4.90 Å². The molecule has 0 bridgehead atoms. The Kier molecular flexibility index (Phi) is 5.15. The van der Waals surface area contributed by atoms with E-state index in [1.165, 1.54) is 25.6 Å². The lowest BCUT2D eigenvalue weighted by Gasteiger charge is -2.33. The summed E-state index contributed by atoms with van der Waals surface area (Å²) < 4.78 is 43.3. The predicted molar refractivity (Wildman–Crippen MR) is 82.3 cm³/mol. The zero-order chi connectivity index (χ0) is 16.3. The third-order valence-corrected chi connectivity index (χ3v) is 5.76. The lowest BCUT2D eigenvalue weighted by molar-refractivity contribution is 0.280. The molecule has 1 saturated heterocycles. The molecular weight excluding hydrogens is 308 g/mol. The maximum absolute atomic E-state index is 13.1. The van der Waals surface area contributed by atoms with Gasteiger partial charge in [-0.2, -0.15) is 4.31 Å². The van der Waals surface area contributed by atoms with Crippen LogP contribution < -0.4 is 19.5 Å². The molecule has 8 heteroatoms. The van der Waals surface area contributed by atoms with Crippen LogP contribution in [0.3, 0.4) is 0 Å². The van der Waals surface area contributed by atoms with Gasteiger partial charge in [0.05, 0.1) is 21.3 Å². The van der Waals surface area contributed by atoms with E-state index < -0.39 is 10.0 Å². The Hall–Kier alpha value is -1.51. The fraction of sp³-hybridized carbons (Fsp3) is 0.571. The monoisotopic (exact) mass is 330 g/mol. The number of nitrogens with one attached hydrogen (secondary N) is 1. The summed E-state index contributed by atoms with van der Waals surface area (Å²) in [5.74, 6) is 0.893. The summed E-state index contributed by atoms with van der Waals surface area (Å²) in [6, 6.07) is 2.94. The van der Waals surface area contributed by atoms with Crippen molar-refractivity contribution in [3.05, 3.63) is 12.1 Å². The van der Waals surface area contributed by atoms with Crippen LogP contribution in [-0.2, 0) is 10.0 Å². The van der Waals surface area contributed by atoms with Crippen molar-refractivity contribution in [2.75, 3.05) is 41.0 Å². The molecule has 0 amide bonds. The Bertz CT molecular complexity index is 607. The van der Waals surface area contributed by atoms with E-state index in [9.17, 15) is 8.42 Å². The van der Waals surface area contributed by atoms with Gasteiger partial charge in [0, 0.05) is 37.8 Å². The summed E-state index contributed by atoms with van der Waals surface area (Å²) in [5, 5.41) is 3.17. The second kappa shape index (κ2) is 6.72. The van der Waals surface area contributed by atoms with E-state index in [2.05, 4.69) is 5.32 Å². The molecule has 1 fully saturated rings. The molecule has 124 valence electrons. The van der Waals surface area contributed by atoms with E-state index in [0.29, 0.717) is 25.4 Å². The van der Waals surface area contributed by atoms with Gasteiger partial charge in [-0.3, -0.25) is 0 Å². The Morgan fingerprint density at radius 1 is 1.14 bits per heavy atom. The van der Waals surface area contributed by atoms with Gasteiger partial charge in [0.2, 0.25) is 0 Å². The summed E-state index contributed by atoms with van der Waals surface area (Å²) >= 11 is 0. The molecule has 1 aromatic rings. The van der Waals surface area contributed by atoms with Crippen LogP contribution >= 0.6 is 0 Å². The fourth-order valence-electron chi connectivity index (χ4n) is 2.52. The summed E-state index contributed by atoms with van der Waals surface area (Å²) in [4.78, 5) is 0.0343. The standard InChI is InChI=1S/C14H22N2O5S/c1-10-9-15-5-6-16(10)22(17,18)14-12(20-3)7-11(19-2)8-13(14)21-4/h7-8,10,15H,5-6,9H2,1-4H3/t10-/m1/s1. The van der Waals surface area contributed by atoms with Crippen molar-refractivity contribution in [3.63, 3.8) is 0 Å². The smallest absolute Gasteiger partial charge is 0.250 e. The number of hydrogen-bond donors (Lipinski definition) is 1. The van der Waals surface area contributed by atoms with E-state index in [4.69, 9.17) is 14.2 Å². The average Bonchev–Trinajstić information content (AvgIpc) is 2.53. The molecular formula is C14H22N2O5S. The van der Waals surface area contributed by atoms with Gasteiger partial charge in [-0.25, -0.2) is 8.42 Å². The van der Waals surface area contributed by atoms with Crippen molar-refractivity contribution in [1.82, 2.24) is 9.62 Å².